The first-order chi connectivity index (χ1) is 8.61. The van der Waals surface area contributed by atoms with Crippen molar-refractivity contribution in [2.45, 2.75) is 4.90 Å². The number of rotatable bonds is 2. The van der Waals surface area contributed by atoms with E-state index in [1.165, 1.54) is 24.6 Å². The van der Waals surface area contributed by atoms with E-state index in [0.29, 0.717) is 16.0 Å². The molecule has 5 heteroatoms. The van der Waals surface area contributed by atoms with Gasteiger partial charge in [0.2, 0.25) is 0 Å². The lowest BCUT2D eigenvalue weighted by atomic mass is 10.1. The molecule has 0 aliphatic heterocycles. The van der Waals surface area contributed by atoms with Crippen LogP contribution in [0.25, 0.3) is 11.1 Å². The van der Waals surface area contributed by atoms with E-state index >= 15 is 0 Å². The average Bonchev–Trinajstić information content (AvgIpc) is 2.38. The number of nitriles is 1. The fraction of sp³-hybridized carbons (Fsp3) is 0.0769. The first-order valence-electron chi connectivity index (χ1n) is 5.11. The molecule has 90 valence electrons. The van der Waals surface area contributed by atoms with Crippen molar-refractivity contribution in [3.8, 4) is 17.2 Å². The van der Waals surface area contributed by atoms with E-state index in [1.54, 1.807) is 18.2 Å². The van der Waals surface area contributed by atoms with Crippen molar-refractivity contribution >= 4 is 11.2 Å². The minimum atomic E-state index is -1.31. The van der Waals surface area contributed by atoms with Crippen molar-refractivity contribution in [2.24, 2.45) is 0 Å². The number of halogens is 1. The molecule has 0 fully saturated rings. The van der Waals surface area contributed by atoms with Gasteiger partial charge in [-0.05, 0) is 28.9 Å². The molecule has 0 radical (unpaired) electrons. The van der Waals surface area contributed by atoms with Gasteiger partial charge in [0.05, 0.1) is 0 Å². The highest BCUT2D eigenvalue weighted by Gasteiger charge is 2.14. The quantitative estimate of drug-likeness (QED) is 0.779. The summed E-state index contributed by atoms with van der Waals surface area (Å²) in [5.41, 5.74) is 1.41. The Balaban J connectivity index is 2.54. The third kappa shape index (κ3) is 2.50. The molecule has 0 amide bonds. The van der Waals surface area contributed by atoms with Gasteiger partial charge in [0, 0.05) is 17.8 Å². The Morgan fingerprint density at radius 1 is 1.33 bits per heavy atom. The zero-order valence-electron chi connectivity index (χ0n) is 9.55. The van der Waals surface area contributed by atoms with Crippen LogP contribution >= 0.6 is 0 Å². The molecule has 2 aromatic rings. The molecule has 0 saturated carbocycles. The second kappa shape index (κ2) is 5.17. The lowest BCUT2D eigenvalue weighted by Gasteiger charge is -2.08. The van der Waals surface area contributed by atoms with Crippen LogP contribution in [0.3, 0.4) is 0 Å². The van der Waals surface area contributed by atoms with E-state index in [1.807, 2.05) is 6.07 Å². The fourth-order valence-electron chi connectivity index (χ4n) is 1.57. The van der Waals surface area contributed by atoms with Crippen molar-refractivity contribution in [3.05, 3.63) is 48.0 Å². The minimum Gasteiger partial charge on any atom is -0.612 e. The molecule has 0 N–H and O–H groups in total. The van der Waals surface area contributed by atoms with Crippen molar-refractivity contribution in [3.63, 3.8) is 0 Å². The van der Waals surface area contributed by atoms with Gasteiger partial charge in [-0.25, -0.2) is 9.37 Å². The maximum Gasteiger partial charge on any atom is 0.195 e. The predicted octanol–water partition coefficient (Wildman–Crippen LogP) is 2.50. The molecule has 3 nitrogen and oxygen atoms in total. The SMILES string of the molecule is C[S@@+]([O-])c1cc(-c2cccc(F)c2)cnc1C#N. The summed E-state index contributed by atoms with van der Waals surface area (Å²) in [6.07, 6.45) is 2.96. The Hall–Kier alpha value is -1.90. The monoisotopic (exact) mass is 260 g/mol. The van der Waals surface area contributed by atoms with Gasteiger partial charge in [-0.15, -0.1) is 0 Å². The average molecular weight is 260 g/mol. The third-order valence-electron chi connectivity index (χ3n) is 2.43. The fourth-order valence-corrected chi connectivity index (χ4v) is 2.24. The largest absolute Gasteiger partial charge is 0.612 e. The molecule has 1 aromatic carbocycles. The summed E-state index contributed by atoms with van der Waals surface area (Å²) in [4.78, 5) is 4.31. The van der Waals surface area contributed by atoms with E-state index in [4.69, 9.17) is 5.26 Å². The first-order valence-corrected chi connectivity index (χ1v) is 6.67. The van der Waals surface area contributed by atoms with Crippen LogP contribution in [-0.4, -0.2) is 15.8 Å². The summed E-state index contributed by atoms with van der Waals surface area (Å²) in [5.74, 6) is -0.351. The van der Waals surface area contributed by atoms with Crippen molar-refractivity contribution < 1.29 is 8.94 Å². The Bertz CT molecular complexity index is 623. The van der Waals surface area contributed by atoms with Gasteiger partial charge in [0.15, 0.2) is 10.6 Å². The number of nitrogens with zero attached hydrogens (tertiary/aromatic N) is 2. The summed E-state index contributed by atoms with van der Waals surface area (Å²) in [5, 5.41) is 8.87. The van der Waals surface area contributed by atoms with Crippen LogP contribution in [0.5, 0.6) is 0 Å². The van der Waals surface area contributed by atoms with Crippen molar-refractivity contribution in [1.29, 1.82) is 5.26 Å². The van der Waals surface area contributed by atoms with Crippen molar-refractivity contribution in [2.75, 3.05) is 6.26 Å². The zero-order chi connectivity index (χ0) is 13.1. The predicted molar refractivity (Wildman–Crippen MR) is 66.7 cm³/mol. The second-order valence-corrected chi connectivity index (χ2v) is 5.00. The summed E-state index contributed by atoms with van der Waals surface area (Å²) < 4.78 is 24.6. The van der Waals surface area contributed by atoms with Crippen LogP contribution in [0.1, 0.15) is 5.69 Å². The Morgan fingerprint density at radius 3 is 2.72 bits per heavy atom. The molecule has 2 rings (SSSR count). The van der Waals surface area contributed by atoms with Crippen LogP contribution in [-0.2, 0) is 11.2 Å². The van der Waals surface area contributed by atoms with E-state index in [-0.39, 0.29) is 11.5 Å². The number of hydrogen-bond donors (Lipinski definition) is 0. The summed E-state index contributed by atoms with van der Waals surface area (Å²) in [6, 6.07) is 9.53. The molecule has 0 bridgehead atoms. The van der Waals surface area contributed by atoms with Crippen LogP contribution < -0.4 is 0 Å². The van der Waals surface area contributed by atoms with E-state index < -0.39 is 11.2 Å². The van der Waals surface area contributed by atoms with Gasteiger partial charge >= 0.3 is 0 Å². The molecule has 1 heterocycles. The Kier molecular flexibility index (Phi) is 3.60. The number of hydrogen-bond acceptors (Lipinski definition) is 3. The molecule has 0 spiro atoms. The van der Waals surface area contributed by atoms with Crippen LogP contribution in [0, 0.1) is 17.1 Å². The molecular weight excluding hydrogens is 251 g/mol. The van der Waals surface area contributed by atoms with Crippen LogP contribution in [0.4, 0.5) is 4.39 Å². The van der Waals surface area contributed by atoms with Gasteiger partial charge < -0.3 is 4.55 Å². The standard InChI is InChI=1S/C13H9FN2OS/c1-18(17)13-6-10(8-16-12(13)7-15)9-3-2-4-11(14)5-9/h2-6,8H,1H3/t18-/m1/s1. The molecule has 0 aliphatic rings. The summed E-state index contributed by atoms with van der Waals surface area (Å²) in [6.45, 7) is 0. The van der Waals surface area contributed by atoms with Gasteiger partial charge in [-0.1, -0.05) is 12.1 Å². The van der Waals surface area contributed by atoms with E-state index in [9.17, 15) is 8.94 Å². The van der Waals surface area contributed by atoms with Gasteiger partial charge in [-0.3, -0.25) is 0 Å². The smallest absolute Gasteiger partial charge is 0.195 e. The minimum absolute atomic E-state index is 0.135. The normalized spacial score (nSPS) is 11.9. The molecule has 1 atom stereocenters. The molecule has 18 heavy (non-hydrogen) atoms. The zero-order valence-corrected chi connectivity index (χ0v) is 10.4. The van der Waals surface area contributed by atoms with E-state index in [0.717, 1.165) is 0 Å². The first kappa shape index (κ1) is 12.6. The molecule has 0 saturated heterocycles. The van der Waals surface area contributed by atoms with Crippen molar-refractivity contribution in [1.82, 2.24) is 4.98 Å². The van der Waals surface area contributed by atoms with Crippen LogP contribution in [0.2, 0.25) is 0 Å². The lowest BCUT2D eigenvalue weighted by molar-refractivity contribution is 0.600. The lowest BCUT2D eigenvalue weighted by Crippen LogP contribution is -2.03. The van der Waals surface area contributed by atoms with E-state index in [2.05, 4.69) is 4.98 Å². The number of pyridine rings is 1. The highest BCUT2D eigenvalue weighted by Crippen LogP contribution is 2.23. The van der Waals surface area contributed by atoms with Gasteiger partial charge in [-0.2, -0.15) is 5.26 Å². The topological polar surface area (TPSA) is 59.7 Å². The highest BCUT2D eigenvalue weighted by atomic mass is 32.2. The molecule has 0 unspecified atom stereocenters. The Labute approximate surface area is 107 Å². The Morgan fingerprint density at radius 2 is 2.11 bits per heavy atom. The summed E-state index contributed by atoms with van der Waals surface area (Å²) in [7, 11) is 0. The maximum atomic E-state index is 13.1. The third-order valence-corrected chi connectivity index (χ3v) is 3.36. The molecule has 1 aromatic heterocycles. The van der Waals surface area contributed by atoms with Crippen LogP contribution in [0.15, 0.2) is 41.4 Å². The van der Waals surface area contributed by atoms with Gasteiger partial charge in [0.25, 0.3) is 0 Å². The summed E-state index contributed by atoms with van der Waals surface area (Å²) >= 11 is -1.31. The number of aromatic nitrogens is 1. The maximum absolute atomic E-state index is 13.1. The highest BCUT2D eigenvalue weighted by molar-refractivity contribution is 7.90. The molecular formula is C13H9FN2OS. The number of benzene rings is 1. The van der Waals surface area contributed by atoms with Gasteiger partial charge in [0.1, 0.15) is 18.1 Å². The molecule has 0 aliphatic carbocycles. The second-order valence-electron chi connectivity index (χ2n) is 3.65.